The second-order valence-electron chi connectivity index (χ2n) is 6.08. The molecular weight excluding hydrogens is 312 g/mol. The number of aromatic nitrogens is 2. The van der Waals surface area contributed by atoms with Crippen LogP contribution in [0.15, 0.2) is 12.1 Å². The van der Waals surface area contributed by atoms with Gasteiger partial charge in [-0.1, -0.05) is 0 Å². The Morgan fingerprint density at radius 3 is 2.87 bits per heavy atom. The summed E-state index contributed by atoms with van der Waals surface area (Å²) in [7, 11) is 0. The minimum Gasteiger partial charge on any atom is -0.381 e. The zero-order valence-electron chi connectivity index (χ0n) is 13.5. The van der Waals surface area contributed by atoms with Crippen LogP contribution in [0.1, 0.15) is 36.2 Å². The van der Waals surface area contributed by atoms with Crippen molar-refractivity contribution >= 4 is 23.5 Å². The molecule has 1 aromatic heterocycles. The number of thioether (sulfide) groups is 1. The van der Waals surface area contributed by atoms with Gasteiger partial charge in [0.05, 0.1) is 0 Å². The van der Waals surface area contributed by atoms with E-state index in [1.54, 1.807) is 6.07 Å². The fourth-order valence-corrected chi connectivity index (χ4v) is 3.94. The summed E-state index contributed by atoms with van der Waals surface area (Å²) in [5, 5.41) is 11.4. The molecule has 2 saturated heterocycles. The van der Waals surface area contributed by atoms with E-state index >= 15 is 0 Å². The quantitative estimate of drug-likeness (QED) is 0.883. The lowest BCUT2D eigenvalue weighted by Crippen LogP contribution is -2.39. The molecule has 6 nitrogen and oxygen atoms in total. The number of anilines is 1. The molecule has 0 spiro atoms. The standard InChI is InChI=1S/C16H24N4O2S/c1-23-11-13-3-2-8-20(13)15-5-4-14(18-19-15)16(21)17-12-6-9-22-10-7-12/h4-5,12-13H,2-3,6-11H2,1H3,(H,17,21). The van der Waals surface area contributed by atoms with Gasteiger partial charge in [-0.25, -0.2) is 0 Å². The molecule has 126 valence electrons. The number of nitrogens with one attached hydrogen (secondary N) is 1. The molecule has 2 fully saturated rings. The first-order valence-electron chi connectivity index (χ1n) is 8.26. The largest absolute Gasteiger partial charge is 0.381 e. The van der Waals surface area contributed by atoms with Gasteiger partial charge < -0.3 is 15.0 Å². The van der Waals surface area contributed by atoms with E-state index in [1.807, 2.05) is 17.8 Å². The molecule has 3 rings (SSSR count). The second-order valence-corrected chi connectivity index (χ2v) is 6.99. The molecule has 1 unspecified atom stereocenters. The Hall–Kier alpha value is -1.34. The van der Waals surface area contributed by atoms with Crippen LogP contribution in [-0.4, -0.2) is 60.0 Å². The number of rotatable bonds is 5. The number of ether oxygens (including phenoxy) is 1. The lowest BCUT2D eigenvalue weighted by Gasteiger charge is -2.25. The lowest BCUT2D eigenvalue weighted by atomic mass is 10.1. The van der Waals surface area contributed by atoms with Crippen molar-refractivity contribution in [2.75, 3.05) is 36.7 Å². The summed E-state index contributed by atoms with van der Waals surface area (Å²) in [6, 6.07) is 4.42. The van der Waals surface area contributed by atoms with Gasteiger partial charge in [0.15, 0.2) is 11.5 Å². The Morgan fingerprint density at radius 1 is 1.35 bits per heavy atom. The van der Waals surface area contributed by atoms with Crippen LogP contribution in [0.2, 0.25) is 0 Å². The highest BCUT2D eigenvalue weighted by Crippen LogP contribution is 2.25. The molecule has 1 amide bonds. The first-order valence-corrected chi connectivity index (χ1v) is 9.65. The van der Waals surface area contributed by atoms with Crippen molar-refractivity contribution in [3.8, 4) is 0 Å². The van der Waals surface area contributed by atoms with Gasteiger partial charge >= 0.3 is 0 Å². The molecule has 1 atom stereocenters. The monoisotopic (exact) mass is 336 g/mol. The highest BCUT2D eigenvalue weighted by Gasteiger charge is 2.26. The second kappa shape index (κ2) is 7.97. The van der Waals surface area contributed by atoms with Gasteiger partial charge in [-0.05, 0) is 44.1 Å². The maximum absolute atomic E-state index is 12.2. The fourth-order valence-electron chi connectivity index (χ4n) is 3.20. The molecule has 3 heterocycles. The number of hydrogen-bond acceptors (Lipinski definition) is 6. The topological polar surface area (TPSA) is 67.4 Å². The van der Waals surface area contributed by atoms with Gasteiger partial charge in [-0.2, -0.15) is 11.8 Å². The first kappa shape index (κ1) is 16.5. The van der Waals surface area contributed by atoms with Crippen LogP contribution in [0.4, 0.5) is 5.82 Å². The number of carbonyl (C=O) groups is 1. The van der Waals surface area contributed by atoms with Crippen molar-refractivity contribution < 1.29 is 9.53 Å². The third-order valence-corrected chi connectivity index (χ3v) is 5.19. The van der Waals surface area contributed by atoms with Crippen molar-refractivity contribution in [1.82, 2.24) is 15.5 Å². The Kier molecular flexibility index (Phi) is 5.72. The minimum atomic E-state index is -0.141. The first-order chi connectivity index (χ1) is 11.3. The average molecular weight is 336 g/mol. The van der Waals surface area contributed by atoms with E-state index in [2.05, 4.69) is 26.7 Å². The molecule has 23 heavy (non-hydrogen) atoms. The number of nitrogens with zero attached hydrogens (tertiary/aromatic N) is 3. The minimum absolute atomic E-state index is 0.141. The Morgan fingerprint density at radius 2 is 2.17 bits per heavy atom. The summed E-state index contributed by atoms with van der Waals surface area (Å²) in [6.07, 6.45) is 6.25. The predicted octanol–water partition coefficient (Wildman–Crippen LogP) is 1.72. The normalized spacial score (nSPS) is 22.3. The lowest BCUT2D eigenvalue weighted by molar-refractivity contribution is 0.0693. The Bertz CT molecular complexity index is 519. The summed E-state index contributed by atoms with van der Waals surface area (Å²) in [5.74, 6) is 1.84. The highest BCUT2D eigenvalue weighted by molar-refractivity contribution is 7.98. The molecule has 1 aromatic rings. The van der Waals surface area contributed by atoms with Crippen LogP contribution in [0.3, 0.4) is 0 Å². The van der Waals surface area contributed by atoms with Gasteiger partial charge in [0, 0.05) is 37.6 Å². The van der Waals surface area contributed by atoms with E-state index in [-0.39, 0.29) is 11.9 Å². The maximum Gasteiger partial charge on any atom is 0.272 e. The molecule has 0 aliphatic carbocycles. The van der Waals surface area contributed by atoms with Crippen molar-refractivity contribution in [1.29, 1.82) is 0 Å². The van der Waals surface area contributed by atoms with Crippen LogP contribution in [-0.2, 0) is 4.74 Å². The highest BCUT2D eigenvalue weighted by atomic mass is 32.2. The Balaban J connectivity index is 1.61. The number of amides is 1. The van der Waals surface area contributed by atoms with E-state index in [0.717, 1.165) is 31.0 Å². The molecular formula is C16H24N4O2S. The molecule has 2 aliphatic heterocycles. The predicted molar refractivity (Wildman–Crippen MR) is 92.1 cm³/mol. The molecule has 0 bridgehead atoms. The molecule has 1 N–H and O–H groups in total. The van der Waals surface area contributed by atoms with E-state index in [4.69, 9.17) is 4.74 Å². The van der Waals surface area contributed by atoms with E-state index in [0.29, 0.717) is 24.9 Å². The van der Waals surface area contributed by atoms with Crippen molar-refractivity contribution in [3.05, 3.63) is 17.8 Å². The third kappa shape index (κ3) is 4.14. The molecule has 0 radical (unpaired) electrons. The van der Waals surface area contributed by atoms with Crippen LogP contribution >= 0.6 is 11.8 Å². The summed E-state index contributed by atoms with van der Waals surface area (Å²) in [4.78, 5) is 14.6. The summed E-state index contributed by atoms with van der Waals surface area (Å²) >= 11 is 1.86. The summed E-state index contributed by atoms with van der Waals surface area (Å²) in [5.41, 5.74) is 0.390. The third-order valence-electron chi connectivity index (χ3n) is 4.47. The molecule has 2 aliphatic rings. The van der Waals surface area contributed by atoms with Crippen molar-refractivity contribution in [2.24, 2.45) is 0 Å². The van der Waals surface area contributed by atoms with Crippen LogP contribution < -0.4 is 10.2 Å². The zero-order chi connectivity index (χ0) is 16.1. The van der Waals surface area contributed by atoms with Crippen molar-refractivity contribution in [3.63, 3.8) is 0 Å². The fraction of sp³-hybridized carbons (Fsp3) is 0.688. The van der Waals surface area contributed by atoms with Gasteiger partial charge in [0.2, 0.25) is 0 Å². The van der Waals surface area contributed by atoms with Gasteiger partial charge in [0.25, 0.3) is 5.91 Å². The van der Waals surface area contributed by atoms with Crippen LogP contribution in [0.5, 0.6) is 0 Å². The summed E-state index contributed by atoms with van der Waals surface area (Å²) in [6.45, 7) is 2.44. The van der Waals surface area contributed by atoms with Gasteiger partial charge in [0.1, 0.15) is 0 Å². The molecule has 7 heteroatoms. The zero-order valence-corrected chi connectivity index (χ0v) is 14.3. The van der Waals surface area contributed by atoms with Crippen LogP contribution in [0.25, 0.3) is 0 Å². The maximum atomic E-state index is 12.2. The SMILES string of the molecule is CSCC1CCCN1c1ccc(C(=O)NC2CCOCC2)nn1. The van der Waals surface area contributed by atoms with E-state index in [1.165, 1.54) is 12.8 Å². The van der Waals surface area contributed by atoms with E-state index in [9.17, 15) is 4.79 Å². The van der Waals surface area contributed by atoms with Crippen molar-refractivity contribution in [2.45, 2.75) is 37.8 Å². The Labute approximate surface area is 141 Å². The van der Waals surface area contributed by atoms with E-state index < -0.39 is 0 Å². The number of carbonyl (C=O) groups excluding carboxylic acids is 1. The summed E-state index contributed by atoms with van der Waals surface area (Å²) < 4.78 is 5.30. The van der Waals surface area contributed by atoms with Crippen LogP contribution in [0, 0.1) is 0 Å². The number of hydrogen-bond donors (Lipinski definition) is 1. The van der Waals surface area contributed by atoms with Gasteiger partial charge in [-0.3, -0.25) is 4.79 Å². The van der Waals surface area contributed by atoms with Gasteiger partial charge in [-0.15, -0.1) is 10.2 Å². The average Bonchev–Trinajstić information content (AvgIpc) is 3.04. The molecule has 0 saturated carbocycles. The molecule has 0 aromatic carbocycles. The smallest absolute Gasteiger partial charge is 0.272 e.